The van der Waals surface area contributed by atoms with Gasteiger partial charge in [0.05, 0.1) is 18.6 Å². The first-order valence-electron chi connectivity index (χ1n) is 9.45. The Kier molecular flexibility index (Phi) is 5.67. The van der Waals surface area contributed by atoms with Crippen molar-refractivity contribution in [1.82, 2.24) is 9.80 Å². The number of rotatable bonds is 4. The third-order valence-electron chi connectivity index (χ3n) is 5.25. The molecule has 1 spiro atoms. The molecule has 2 aliphatic rings. The number of carbonyl (C=O) groups is 1. The van der Waals surface area contributed by atoms with Gasteiger partial charge in [0.15, 0.2) is 0 Å². The van der Waals surface area contributed by atoms with Gasteiger partial charge in [-0.05, 0) is 32.8 Å². The van der Waals surface area contributed by atoms with Crippen molar-refractivity contribution in [2.75, 3.05) is 26.2 Å². The molecule has 156 valence electrons. The Morgan fingerprint density at radius 2 is 1.86 bits per heavy atom. The summed E-state index contributed by atoms with van der Waals surface area (Å²) in [5.41, 5.74) is -1.07. The minimum absolute atomic E-state index is 0.0380. The number of nitrogens with zero attached hydrogens (tertiary/aromatic N) is 2. The number of likely N-dealkylation sites (tertiary alicyclic amines) is 2. The summed E-state index contributed by atoms with van der Waals surface area (Å²) in [5.74, 6) is -3.04. The molecule has 3 rings (SSSR count). The monoisotopic (exact) mass is 398 g/mol. The standard InChI is InChI=1S/C20H28F2N2O4/c1-18(2,3)28-17(26)24-12-19(13-24)9-10-23(14-20(19,21)22)16(25)27-11-15-7-5-4-6-8-15/h4-8,16,25H,9-14H2,1-3H3. The van der Waals surface area contributed by atoms with E-state index in [0.717, 1.165) is 5.56 Å². The number of halogens is 2. The molecule has 0 saturated carbocycles. The van der Waals surface area contributed by atoms with Gasteiger partial charge in [-0.3, -0.25) is 0 Å². The highest BCUT2D eigenvalue weighted by Gasteiger charge is 2.64. The van der Waals surface area contributed by atoms with Crippen LogP contribution in [0.1, 0.15) is 32.8 Å². The largest absolute Gasteiger partial charge is 0.444 e. The summed E-state index contributed by atoms with van der Waals surface area (Å²) in [4.78, 5) is 14.6. The van der Waals surface area contributed by atoms with Crippen molar-refractivity contribution in [2.45, 2.75) is 51.7 Å². The average molecular weight is 398 g/mol. The molecule has 2 aliphatic heterocycles. The highest BCUT2D eigenvalue weighted by atomic mass is 19.3. The topological polar surface area (TPSA) is 62.2 Å². The molecule has 1 atom stereocenters. The van der Waals surface area contributed by atoms with E-state index in [1.807, 2.05) is 30.3 Å². The molecule has 1 aromatic rings. The van der Waals surface area contributed by atoms with E-state index in [1.54, 1.807) is 20.8 Å². The molecule has 28 heavy (non-hydrogen) atoms. The van der Waals surface area contributed by atoms with E-state index in [9.17, 15) is 18.7 Å². The van der Waals surface area contributed by atoms with E-state index in [-0.39, 0.29) is 32.7 Å². The van der Waals surface area contributed by atoms with Crippen molar-refractivity contribution < 1.29 is 28.2 Å². The van der Waals surface area contributed by atoms with Crippen molar-refractivity contribution in [2.24, 2.45) is 5.41 Å². The van der Waals surface area contributed by atoms with Crippen LogP contribution in [0, 0.1) is 5.41 Å². The molecule has 2 saturated heterocycles. The molecule has 1 aromatic carbocycles. The molecule has 2 fully saturated rings. The van der Waals surface area contributed by atoms with Crippen molar-refractivity contribution in [3.05, 3.63) is 35.9 Å². The minimum atomic E-state index is -3.04. The number of carbonyl (C=O) groups excluding carboxylic acids is 1. The molecule has 1 N–H and O–H groups in total. The Morgan fingerprint density at radius 3 is 2.43 bits per heavy atom. The second-order valence-corrected chi connectivity index (χ2v) is 8.66. The summed E-state index contributed by atoms with van der Waals surface area (Å²) in [6.07, 6.45) is -1.79. The first-order chi connectivity index (χ1) is 13.0. The Hall–Kier alpha value is -1.77. The zero-order valence-corrected chi connectivity index (χ0v) is 16.5. The average Bonchev–Trinajstić information content (AvgIpc) is 2.56. The van der Waals surface area contributed by atoms with Gasteiger partial charge in [0.25, 0.3) is 5.92 Å². The van der Waals surface area contributed by atoms with Gasteiger partial charge in [0, 0.05) is 19.6 Å². The summed E-state index contributed by atoms with van der Waals surface area (Å²) in [6.45, 7) is 4.95. The van der Waals surface area contributed by atoms with Crippen LogP contribution in [0.5, 0.6) is 0 Å². The maximum Gasteiger partial charge on any atom is 0.410 e. The van der Waals surface area contributed by atoms with E-state index in [1.165, 1.54) is 9.80 Å². The summed E-state index contributed by atoms with van der Waals surface area (Å²) in [6, 6.07) is 9.23. The Morgan fingerprint density at radius 1 is 1.21 bits per heavy atom. The Bertz CT molecular complexity index is 687. The van der Waals surface area contributed by atoms with Gasteiger partial charge in [-0.25, -0.2) is 18.5 Å². The third-order valence-corrected chi connectivity index (χ3v) is 5.25. The molecular weight excluding hydrogens is 370 g/mol. The van der Waals surface area contributed by atoms with E-state index >= 15 is 0 Å². The van der Waals surface area contributed by atoms with Crippen LogP contribution in [0.3, 0.4) is 0 Å². The summed E-state index contributed by atoms with van der Waals surface area (Å²) in [5, 5.41) is 10.2. The SMILES string of the molecule is CC(C)(C)OC(=O)N1CC2(CCN(C(O)OCc3ccccc3)CC2(F)F)C1. The van der Waals surface area contributed by atoms with Crippen molar-refractivity contribution >= 4 is 6.09 Å². The third kappa shape index (κ3) is 4.45. The van der Waals surface area contributed by atoms with Crippen LogP contribution < -0.4 is 0 Å². The number of amides is 1. The van der Waals surface area contributed by atoms with E-state index < -0.39 is 36.0 Å². The van der Waals surface area contributed by atoms with Crippen LogP contribution in [0.25, 0.3) is 0 Å². The van der Waals surface area contributed by atoms with Gasteiger partial charge >= 0.3 is 6.09 Å². The van der Waals surface area contributed by atoms with E-state index in [2.05, 4.69) is 0 Å². The fourth-order valence-corrected chi connectivity index (χ4v) is 3.61. The summed E-state index contributed by atoms with van der Waals surface area (Å²) >= 11 is 0. The van der Waals surface area contributed by atoms with Crippen molar-refractivity contribution in [1.29, 1.82) is 0 Å². The molecular formula is C20H28F2N2O4. The smallest absolute Gasteiger partial charge is 0.410 e. The fourth-order valence-electron chi connectivity index (χ4n) is 3.61. The fraction of sp³-hybridized carbons (Fsp3) is 0.650. The van der Waals surface area contributed by atoms with E-state index in [4.69, 9.17) is 9.47 Å². The van der Waals surface area contributed by atoms with Crippen LogP contribution in [-0.4, -0.2) is 65.1 Å². The lowest BCUT2D eigenvalue weighted by Crippen LogP contribution is -2.71. The minimum Gasteiger partial charge on any atom is -0.444 e. The lowest BCUT2D eigenvalue weighted by atomic mass is 9.69. The first-order valence-corrected chi connectivity index (χ1v) is 9.45. The zero-order chi connectivity index (χ0) is 20.6. The van der Waals surface area contributed by atoms with Crippen molar-refractivity contribution in [3.8, 4) is 0 Å². The van der Waals surface area contributed by atoms with Crippen LogP contribution in [-0.2, 0) is 16.1 Å². The van der Waals surface area contributed by atoms with Crippen LogP contribution >= 0.6 is 0 Å². The first kappa shape index (κ1) is 21.0. The van der Waals surface area contributed by atoms with Crippen LogP contribution in [0.15, 0.2) is 30.3 Å². The van der Waals surface area contributed by atoms with Gasteiger partial charge in [0.2, 0.25) is 6.41 Å². The number of hydrogen-bond acceptors (Lipinski definition) is 5. The van der Waals surface area contributed by atoms with Crippen molar-refractivity contribution in [3.63, 3.8) is 0 Å². The molecule has 6 nitrogen and oxygen atoms in total. The predicted octanol–water partition coefficient (Wildman–Crippen LogP) is 3.06. The predicted molar refractivity (Wildman–Crippen MR) is 98.6 cm³/mol. The second-order valence-electron chi connectivity index (χ2n) is 8.66. The highest BCUT2D eigenvalue weighted by Crippen LogP contribution is 2.50. The lowest BCUT2D eigenvalue weighted by molar-refractivity contribution is -0.273. The molecule has 0 aliphatic carbocycles. The molecule has 1 unspecified atom stereocenters. The molecule has 2 heterocycles. The zero-order valence-electron chi connectivity index (χ0n) is 16.5. The van der Waals surface area contributed by atoms with Gasteiger partial charge in [0.1, 0.15) is 5.60 Å². The number of aliphatic hydroxyl groups is 1. The second kappa shape index (κ2) is 7.57. The summed E-state index contributed by atoms with van der Waals surface area (Å²) < 4.78 is 40.3. The van der Waals surface area contributed by atoms with Gasteiger partial charge in [-0.2, -0.15) is 0 Å². The van der Waals surface area contributed by atoms with Crippen LogP contribution in [0.2, 0.25) is 0 Å². The Balaban J connectivity index is 1.53. The van der Waals surface area contributed by atoms with E-state index in [0.29, 0.717) is 0 Å². The number of hydrogen-bond donors (Lipinski definition) is 1. The number of benzene rings is 1. The van der Waals surface area contributed by atoms with Gasteiger partial charge in [-0.15, -0.1) is 0 Å². The molecule has 0 radical (unpaired) electrons. The molecule has 0 bridgehead atoms. The maximum atomic E-state index is 14.9. The molecule has 0 aromatic heterocycles. The molecule has 8 heteroatoms. The normalized spacial score (nSPS) is 22.6. The van der Waals surface area contributed by atoms with Crippen LogP contribution in [0.4, 0.5) is 13.6 Å². The highest BCUT2D eigenvalue weighted by molar-refractivity contribution is 5.69. The number of aliphatic hydroxyl groups excluding tert-OH is 1. The summed E-state index contributed by atoms with van der Waals surface area (Å²) in [7, 11) is 0. The Labute approximate surface area is 164 Å². The number of alkyl halides is 2. The maximum absolute atomic E-state index is 14.9. The van der Waals surface area contributed by atoms with Gasteiger partial charge < -0.3 is 19.5 Å². The van der Waals surface area contributed by atoms with Gasteiger partial charge in [-0.1, -0.05) is 30.3 Å². The number of ether oxygens (including phenoxy) is 2. The molecule has 1 amide bonds. The lowest BCUT2D eigenvalue weighted by Gasteiger charge is -2.57. The number of piperidine rings is 1. The quantitative estimate of drug-likeness (QED) is 0.790.